The summed E-state index contributed by atoms with van der Waals surface area (Å²) in [4.78, 5) is 24.6. The maximum Gasteiger partial charge on any atom is 0.225 e. The monoisotopic (exact) mass is 242 g/mol. The molecule has 0 radical (unpaired) electrons. The van der Waals surface area contributed by atoms with E-state index in [9.17, 15) is 9.59 Å². The number of aliphatic hydroxyl groups is 1. The molecule has 0 aromatic carbocycles. The van der Waals surface area contributed by atoms with E-state index in [1.807, 2.05) is 0 Å². The Morgan fingerprint density at radius 3 is 2.71 bits per heavy atom. The van der Waals surface area contributed by atoms with Gasteiger partial charge in [0.15, 0.2) is 0 Å². The molecule has 5 nitrogen and oxygen atoms in total. The molecular formula is C12H22N2O3. The fourth-order valence-electron chi connectivity index (χ4n) is 1.99. The van der Waals surface area contributed by atoms with Crippen LogP contribution in [0.25, 0.3) is 0 Å². The summed E-state index contributed by atoms with van der Waals surface area (Å²) in [6, 6.07) is 0. The number of hydrogen-bond acceptors (Lipinski definition) is 3. The summed E-state index contributed by atoms with van der Waals surface area (Å²) in [6.07, 6.45) is 4.12. The van der Waals surface area contributed by atoms with Crippen LogP contribution in [0.1, 0.15) is 32.1 Å². The number of carbonyl (C=O) groups is 2. The number of amides is 2. The highest BCUT2D eigenvalue weighted by Gasteiger charge is 2.31. The Kier molecular flexibility index (Phi) is 5.97. The highest BCUT2D eigenvalue weighted by molar-refractivity contribution is 5.89. The zero-order chi connectivity index (χ0) is 12.7. The molecule has 2 amide bonds. The second-order valence-corrected chi connectivity index (χ2v) is 4.60. The van der Waals surface area contributed by atoms with E-state index in [1.165, 1.54) is 0 Å². The molecule has 0 spiro atoms. The Bertz CT molecular complexity index is 268. The largest absolute Gasteiger partial charge is 0.396 e. The summed E-state index contributed by atoms with van der Waals surface area (Å²) in [6.45, 7) is 1.44. The first-order valence-electron chi connectivity index (χ1n) is 6.27. The maximum absolute atomic E-state index is 11.7. The van der Waals surface area contributed by atoms with Crippen molar-refractivity contribution in [3.63, 3.8) is 0 Å². The Labute approximate surface area is 102 Å². The minimum Gasteiger partial charge on any atom is -0.396 e. The number of likely N-dealkylation sites (tertiary alicyclic amines) is 1. The van der Waals surface area contributed by atoms with Gasteiger partial charge in [0.1, 0.15) is 0 Å². The normalized spacial score (nSPS) is 19.8. The summed E-state index contributed by atoms with van der Waals surface area (Å²) in [5, 5.41) is 11.5. The van der Waals surface area contributed by atoms with Crippen molar-refractivity contribution in [1.29, 1.82) is 0 Å². The van der Waals surface area contributed by atoms with E-state index >= 15 is 0 Å². The lowest BCUT2D eigenvalue weighted by Crippen LogP contribution is -2.32. The predicted molar refractivity (Wildman–Crippen MR) is 64.3 cm³/mol. The van der Waals surface area contributed by atoms with Crippen LogP contribution in [-0.2, 0) is 9.59 Å². The summed E-state index contributed by atoms with van der Waals surface area (Å²) >= 11 is 0. The summed E-state index contributed by atoms with van der Waals surface area (Å²) in [5.74, 6) is -0.136. The molecule has 0 saturated carbocycles. The van der Waals surface area contributed by atoms with Crippen LogP contribution in [0.5, 0.6) is 0 Å². The first-order valence-corrected chi connectivity index (χ1v) is 6.27. The zero-order valence-corrected chi connectivity index (χ0v) is 10.4. The van der Waals surface area contributed by atoms with Crippen LogP contribution in [-0.4, -0.2) is 48.6 Å². The SMILES string of the molecule is CN1CC(C(=O)NCCCCCCO)CC1=O. The molecule has 98 valence electrons. The Morgan fingerprint density at radius 1 is 1.41 bits per heavy atom. The van der Waals surface area contributed by atoms with Gasteiger partial charge in [0, 0.05) is 33.2 Å². The summed E-state index contributed by atoms with van der Waals surface area (Å²) in [7, 11) is 1.73. The Morgan fingerprint density at radius 2 is 2.12 bits per heavy atom. The van der Waals surface area contributed by atoms with Gasteiger partial charge in [-0.2, -0.15) is 0 Å². The van der Waals surface area contributed by atoms with Gasteiger partial charge in [0.2, 0.25) is 11.8 Å². The van der Waals surface area contributed by atoms with Crippen LogP contribution in [0.4, 0.5) is 0 Å². The predicted octanol–water partition coefficient (Wildman–Crippen LogP) is 0.134. The van der Waals surface area contributed by atoms with Crippen molar-refractivity contribution >= 4 is 11.8 Å². The third-order valence-corrected chi connectivity index (χ3v) is 3.10. The molecule has 5 heteroatoms. The van der Waals surface area contributed by atoms with Crippen molar-refractivity contribution in [3.05, 3.63) is 0 Å². The third-order valence-electron chi connectivity index (χ3n) is 3.10. The lowest BCUT2D eigenvalue weighted by molar-refractivity contribution is -0.128. The van der Waals surface area contributed by atoms with Gasteiger partial charge in [-0.25, -0.2) is 0 Å². The quantitative estimate of drug-likeness (QED) is 0.624. The highest BCUT2D eigenvalue weighted by Crippen LogP contribution is 2.15. The van der Waals surface area contributed by atoms with Crippen molar-refractivity contribution < 1.29 is 14.7 Å². The topological polar surface area (TPSA) is 69.6 Å². The number of aliphatic hydroxyl groups excluding tert-OH is 1. The van der Waals surface area contributed by atoms with Crippen LogP contribution in [0.15, 0.2) is 0 Å². The van der Waals surface area contributed by atoms with E-state index in [1.54, 1.807) is 11.9 Å². The van der Waals surface area contributed by atoms with Gasteiger partial charge < -0.3 is 15.3 Å². The number of unbranched alkanes of at least 4 members (excludes halogenated alkanes) is 3. The average Bonchev–Trinajstić information content (AvgIpc) is 2.64. The van der Waals surface area contributed by atoms with Crippen molar-refractivity contribution in [2.75, 3.05) is 26.7 Å². The Balaban J connectivity index is 2.07. The first-order chi connectivity index (χ1) is 8.15. The molecule has 0 aromatic rings. The van der Waals surface area contributed by atoms with Gasteiger partial charge in [-0.05, 0) is 12.8 Å². The van der Waals surface area contributed by atoms with Crippen molar-refractivity contribution in [1.82, 2.24) is 10.2 Å². The van der Waals surface area contributed by atoms with Crippen LogP contribution in [0, 0.1) is 5.92 Å². The molecule has 1 rings (SSSR count). The van der Waals surface area contributed by atoms with Crippen molar-refractivity contribution in [3.8, 4) is 0 Å². The van der Waals surface area contributed by atoms with Gasteiger partial charge >= 0.3 is 0 Å². The molecule has 1 aliphatic rings. The number of hydrogen-bond donors (Lipinski definition) is 2. The minimum atomic E-state index is -0.176. The van der Waals surface area contributed by atoms with Gasteiger partial charge in [-0.3, -0.25) is 9.59 Å². The van der Waals surface area contributed by atoms with E-state index in [2.05, 4.69) is 5.32 Å². The molecule has 17 heavy (non-hydrogen) atoms. The summed E-state index contributed by atoms with van der Waals surface area (Å²) in [5.41, 5.74) is 0. The molecular weight excluding hydrogens is 220 g/mol. The number of nitrogens with zero attached hydrogens (tertiary/aromatic N) is 1. The maximum atomic E-state index is 11.7. The summed E-state index contributed by atoms with van der Waals surface area (Å²) < 4.78 is 0. The molecule has 0 aromatic heterocycles. The van der Waals surface area contributed by atoms with Crippen molar-refractivity contribution in [2.45, 2.75) is 32.1 Å². The fraction of sp³-hybridized carbons (Fsp3) is 0.833. The van der Waals surface area contributed by atoms with Crippen LogP contribution >= 0.6 is 0 Å². The van der Waals surface area contributed by atoms with Gasteiger partial charge in [0.25, 0.3) is 0 Å². The molecule has 0 bridgehead atoms. The third kappa shape index (κ3) is 4.73. The minimum absolute atomic E-state index is 0.00939. The van der Waals surface area contributed by atoms with Crippen LogP contribution in [0.2, 0.25) is 0 Å². The fourth-order valence-corrected chi connectivity index (χ4v) is 1.99. The number of rotatable bonds is 7. The molecule has 1 saturated heterocycles. The Hall–Kier alpha value is -1.10. The van der Waals surface area contributed by atoms with Crippen LogP contribution in [0.3, 0.4) is 0 Å². The van der Waals surface area contributed by atoms with Crippen molar-refractivity contribution in [2.24, 2.45) is 5.92 Å². The number of nitrogens with one attached hydrogen (secondary N) is 1. The van der Waals surface area contributed by atoms with E-state index in [4.69, 9.17) is 5.11 Å². The smallest absolute Gasteiger partial charge is 0.225 e. The lowest BCUT2D eigenvalue weighted by atomic mass is 10.1. The van der Waals surface area contributed by atoms with Crippen LogP contribution < -0.4 is 5.32 Å². The van der Waals surface area contributed by atoms with E-state index in [0.717, 1.165) is 25.7 Å². The first kappa shape index (κ1) is 14.0. The molecule has 1 atom stereocenters. The lowest BCUT2D eigenvalue weighted by Gasteiger charge is -2.10. The van der Waals surface area contributed by atoms with Gasteiger partial charge in [-0.15, -0.1) is 0 Å². The molecule has 1 aliphatic heterocycles. The molecule has 2 N–H and O–H groups in total. The van der Waals surface area contributed by atoms with Gasteiger partial charge in [0.05, 0.1) is 5.92 Å². The van der Waals surface area contributed by atoms with E-state index in [0.29, 0.717) is 19.5 Å². The standard InChI is InChI=1S/C12H22N2O3/c1-14-9-10(8-11(14)16)12(17)13-6-4-2-3-5-7-15/h10,15H,2-9H2,1H3,(H,13,17). The number of carbonyl (C=O) groups excluding carboxylic acids is 2. The highest BCUT2D eigenvalue weighted by atomic mass is 16.3. The second-order valence-electron chi connectivity index (χ2n) is 4.60. The van der Waals surface area contributed by atoms with Gasteiger partial charge in [-0.1, -0.05) is 12.8 Å². The second kappa shape index (κ2) is 7.27. The molecule has 1 heterocycles. The molecule has 0 aliphatic carbocycles. The van der Waals surface area contributed by atoms with E-state index in [-0.39, 0.29) is 24.3 Å². The average molecular weight is 242 g/mol. The van der Waals surface area contributed by atoms with E-state index < -0.39 is 0 Å². The molecule has 1 unspecified atom stereocenters. The zero-order valence-electron chi connectivity index (χ0n) is 10.4. The molecule has 1 fully saturated rings.